The lowest BCUT2D eigenvalue weighted by Crippen LogP contribution is -2.03. The van der Waals surface area contributed by atoms with E-state index < -0.39 is 0 Å². The van der Waals surface area contributed by atoms with Crippen LogP contribution in [0.15, 0.2) is 66.9 Å². The molecule has 2 aromatic carbocycles. The van der Waals surface area contributed by atoms with Crippen LogP contribution in [0.3, 0.4) is 0 Å². The van der Waals surface area contributed by atoms with Crippen LogP contribution < -0.4 is 0 Å². The fraction of sp³-hybridized carbons (Fsp3) is 0.160. The third-order valence-corrected chi connectivity index (χ3v) is 5.27. The maximum Gasteiger partial charge on any atom is 0.0873 e. The standard InChI is InChI=1S/C25H24N2.ClH/c1-18-9-11-22(12-10-18)17-27-20(3)19(2)23-15-16-26-24(25(23)27)14-13-21-7-5-4-6-8-21;/h4-16H,17H2,1-3H3;1H/b14-13+;. The van der Waals surface area contributed by atoms with Crippen molar-refractivity contribution in [3.05, 3.63) is 101 Å². The fourth-order valence-corrected chi connectivity index (χ4v) is 3.56. The van der Waals surface area contributed by atoms with Crippen LogP contribution in [-0.2, 0) is 6.54 Å². The lowest BCUT2D eigenvalue weighted by atomic mass is 10.1. The third-order valence-electron chi connectivity index (χ3n) is 5.27. The Morgan fingerprint density at radius 1 is 0.857 bits per heavy atom. The van der Waals surface area contributed by atoms with Gasteiger partial charge >= 0.3 is 0 Å². The first-order valence-corrected chi connectivity index (χ1v) is 9.36. The van der Waals surface area contributed by atoms with Crippen molar-refractivity contribution in [2.24, 2.45) is 0 Å². The second-order valence-corrected chi connectivity index (χ2v) is 7.12. The van der Waals surface area contributed by atoms with Crippen molar-refractivity contribution in [2.45, 2.75) is 27.3 Å². The summed E-state index contributed by atoms with van der Waals surface area (Å²) in [6.07, 6.45) is 6.17. The normalized spacial score (nSPS) is 11.1. The van der Waals surface area contributed by atoms with Gasteiger partial charge in [0.2, 0.25) is 0 Å². The molecule has 0 aliphatic heterocycles. The van der Waals surface area contributed by atoms with Gasteiger partial charge < -0.3 is 4.57 Å². The third kappa shape index (κ3) is 3.88. The summed E-state index contributed by atoms with van der Waals surface area (Å²) >= 11 is 0. The van der Waals surface area contributed by atoms with E-state index in [1.165, 1.54) is 38.9 Å². The van der Waals surface area contributed by atoms with E-state index in [1.54, 1.807) is 0 Å². The summed E-state index contributed by atoms with van der Waals surface area (Å²) in [6, 6.07) is 21.3. The van der Waals surface area contributed by atoms with Crippen molar-refractivity contribution in [3.8, 4) is 0 Å². The molecule has 4 rings (SSSR count). The van der Waals surface area contributed by atoms with Gasteiger partial charge in [-0.15, -0.1) is 12.4 Å². The minimum Gasteiger partial charge on any atom is -0.338 e. The average molecular weight is 389 g/mol. The quantitative estimate of drug-likeness (QED) is 0.385. The van der Waals surface area contributed by atoms with Crippen LogP contribution in [0.1, 0.15) is 33.6 Å². The van der Waals surface area contributed by atoms with Crippen molar-refractivity contribution in [1.82, 2.24) is 9.55 Å². The highest BCUT2D eigenvalue weighted by Gasteiger charge is 2.14. The topological polar surface area (TPSA) is 17.8 Å². The van der Waals surface area contributed by atoms with E-state index in [4.69, 9.17) is 0 Å². The Morgan fingerprint density at radius 3 is 2.29 bits per heavy atom. The van der Waals surface area contributed by atoms with E-state index in [0.717, 1.165) is 12.2 Å². The van der Waals surface area contributed by atoms with Gasteiger partial charge in [-0.25, -0.2) is 0 Å². The molecule has 0 radical (unpaired) electrons. The summed E-state index contributed by atoms with van der Waals surface area (Å²) in [4.78, 5) is 4.69. The number of benzene rings is 2. The molecule has 0 spiro atoms. The highest BCUT2D eigenvalue weighted by atomic mass is 35.5. The number of hydrogen-bond donors (Lipinski definition) is 0. The van der Waals surface area contributed by atoms with Crippen molar-refractivity contribution in [2.75, 3.05) is 0 Å². The van der Waals surface area contributed by atoms with Gasteiger partial charge in [0, 0.05) is 23.8 Å². The smallest absolute Gasteiger partial charge is 0.0873 e. The van der Waals surface area contributed by atoms with Crippen molar-refractivity contribution < 1.29 is 0 Å². The van der Waals surface area contributed by atoms with E-state index in [9.17, 15) is 0 Å². The summed E-state index contributed by atoms with van der Waals surface area (Å²) in [5.74, 6) is 0. The van der Waals surface area contributed by atoms with Crippen LogP contribution in [0.5, 0.6) is 0 Å². The van der Waals surface area contributed by atoms with Crippen LogP contribution in [0.2, 0.25) is 0 Å². The molecule has 142 valence electrons. The first kappa shape index (κ1) is 19.9. The molecule has 0 atom stereocenters. The minimum absolute atomic E-state index is 0. The van der Waals surface area contributed by atoms with Gasteiger partial charge in [-0.05, 0) is 49.6 Å². The molecule has 0 fully saturated rings. The molecule has 0 saturated carbocycles. The number of aromatic nitrogens is 2. The van der Waals surface area contributed by atoms with E-state index in [0.29, 0.717) is 0 Å². The molecular formula is C25H25ClN2. The van der Waals surface area contributed by atoms with Crippen LogP contribution in [0.4, 0.5) is 0 Å². The molecule has 0 amide bonds. The average Bonchev–Trinajstić information content (AvgIpc) is 2.94. The van der Waals surface area contributed by atoms with Gasteiger partial charge in [0.25, 0.3) is 0 Å². The van der Waals surface area contributed by atoms with Gasteiger partial charge in [-0.1, -0.05) is 66.2 Å². The fourth-order valence-electron chi connectivity index (χ4n) is 3.56. The molecule has 0 aliphatic carbocycles. The maximum atomic E-state index is 4.69. The van der Waals surface area contributed by atoms with Crippen LogP contribution >= 0.6 is 12.4 Å². The van der Waals surface area contributed by atoms with Crippen LogP contribution in [0.25, 0.3) is 23.1 Å². The summed E-state index contributed by atoms with van der Waals surface area (Å²) in [5, 5.41) is 1.28. The molecule has 0 N–H and O–H groups in total. The van der Waals surface area contributed by atoms with Crippen molar-refractivity contribution in [1.29, 1.82) is 0 Å². The van der Waals surface area contributed by atoms with E-state index in [2.05, 4.69) is 97.1 Å². The molecular weight excluding hydrogens is 364 g/mol. The molecule has 28 heavy (non-hydrogen) atoms. The number of pyridine rings is 1. The molecule has 3 heteroatoms. The molecule has 2 aromatic heterocycles. The van der Waals surface area contributed by atoms with Gasteiger partial charge in [0.05, 0.1) is 11.2 Å². The van der Waals surface area contributed by atoms with Gasteiger partial charge in [-0.2, -0.15) is 0 Å². The Kier molecular flexibility index (Phi) is 6.01. The van der Waals surface area contributed by atoms with E-state index >= 15 is 0 Å². The minimum atomic E-state index is 0. The Labute approximate surface area is 173 Å². The first-order valence-electron chi connectivity index (χ1n) is 9.36. The first-order chi connectivity index (χ1) is 13.1. The molecule has 0 unspecified atom stereocenters. The largest absolute Gasteiger partial charge is 0.338 e. The van der Waals surface area contributed by atoms with E-state index in [1.807, 2.05) is 12.3 Å². The lowest BCUT2D eigenvalue weighted by molar-refractivity contribution is 0.798. The zero-order valence-electron chi connectivity index (χ0n) is 16.5. The van der Waals surface area contributed by atoms with Gasteiger partial charge in [-0.3, -0.25) is 4.98 Å². The van der Waals surface area contributed by atoms with Crippen molar-refractivity contribution in [3.63, 3.8) is 0 Å². The summed E-state index contributed by atoms with van der Waals surface area (Å²) < 4.78 is 2.40. The predicted octanol–water partition coefficient (Wildman–Crippen LogP) is 6.60. The SMILES string of the molecule is Cc1ccc(Cn2c(C)c(C)c3ccnc(/C=C/c4ccccc4)c32)cc1.Cl. The molecule has 0 bridgehead atoms. The van der Waals surface area contributed by atoms with Crippen LogP contribution in [0, 0.1) is 20.8 Å². The Bertz CT molecular complexity index is 1110. The van der Waals surface area contributed by atoms with Crippen molar-refractivity contribution >= 4 is 35.5 Å². The molecule has 0 saturated heterocycles. The van der Waals surface area contributed by atoms with Gasteiger partial charge in [0.1, 0.15) is 0 Å². The van der Waals surface area contributed by atoms with Crippen LogP contribution in [-0.4, -0.2) is 9.55 Å². The maximum absolute atomic E-state index is 4.69. The lowest BCUT2D eigenvalue weighted by Gasteiger charge is -2.10. The number of aryl methyl sites for hydroxylation is 2. The number of hydrogen-bond acceptors (Lipinski definition) is 1. The highest BCUT2D eigenvalue weighted by molar-refractivity contribution is 5.92. The summed E-state index contributed by atoms with van der Waals surface area (Å²) in [6.45, 7) is 7.39. The molecule has 2 heterocycles. The monoisotopic (exact) mass is 388 g/mol. The number of fused-ring (bicyclic) bond motifs is 1. The predicted molar refractivity (Wildman–Crippen MR) is 122 cm³/mol. The zero-order valence-corrected chi connectivity index (χ0v) is 17.3. The molecule has 2 nitrogen and oxygen atoms in total. The molecule has 4 aromatic rings. The highest BCUT2D eigenvalue weighted by Crippen LogP contribution is 2.29. The number of rotatable bonds is 4. The zero-order chi connectivity index (χ0) is 18.8. The van der Waals surface area contributed by atoms with E-state index in [-0.39, 0.29) is 12.4 Å². The Morgan fingerprint density at radius 2 is 1.57 bits per heavy atom. The second kappa shape index (κ2) is 8.45. The Hall–Kier alpha value is -2.84. The molecule has 0 aliphatic rings. The number of nitrogens with zero attached hydrogens (tertiary/aromatic N) is 2. The second-order valence-electron chi connectivity index (χ2n) is 7.12. The summed E-state index contributed by atoms with van der Waals surface area (Å²) in [5.41, 5.74) is 8.63. The Balaban J connectivity index is 0.00000225. The van der Waals surface area contributed by atoms with Gasteiger partial charge in [0.15, 0.2) is 0 Å². The summed E-state index contributed by atoms with van der Waals surface area (Å²) in [7, 11) is 0. The number of halogens is 1.